The molecule has 2 aromatic carbocycles. The summed E-state index contributed by atoms with van der Waals surface area (Å²) in [4.78, 5) is 6.04. The molecule has 0 saturated carbocycles. The quantitative estimate of drug-likeness (QED) is 0.743. The van der Waals surface area contributed by atoms with E-state index in [9.17, 15) is 0 Å². The van der Waals surface area contributed by atoms with Crippen molar-refractivity contribution in [1.29, 1.82) is 0 Å². The number of aromatic nitrogens is 1. The van der Waals surface area contributed by atoms with Crippen molar-refractivity contribution < 1.29 is 0 Å². The van der Waals surface area contributed by atoms with Crippen LogP contribution in [-0.2, 0) is 19.5 Å². The summed E-state index contributed by atoms with van der Waals surface area (Å²) in [6.07, 6.45) is 1.10. The number of nitrogens with zero attached hydrogens (tertiary/aromatic N) is 1. The third kappa shape index (κ3) is 2.45. The van der Waals surface area contributed by atoms with Crippen LogP contribution in [0.15, 0.2) is 48.5 Å². The van der Waals surface area contributed by atoms with Crippen LogP contribution in [0.25, 0.3) is 10.9 Å². The number of nitrogens with one attached hydrogen (secondary N) is 1. The average Bonchev–Trinajstić information content (AvgIpc) is 2.84. The highest BCUT2D eigenvalue weighted by atomic mass is 35.5. The van der Waals surface area contributed by atoms with E-state index in [-0.39, 0.29) is 0 Å². The highest BCUT2D eigenvalue weighted by molar-refractivity contribution is 6.31. The van der Waals surface area contributed by atoms with Gasteiger partial charge in [-0.3, -0.25) is 4.90 Å². The van der Waals surface area contributed by atoms with Gasteiger partial charge in [0, 0.05) is 41.3 Å². The largest absolute Gasteiger partial charge is 0.357 e. The minimum absolute atomic E-state index is 0.794. The van der Waals surface area contributed by atoms with Crippen molar-refractivity contribution >= 4 is 22.5 Å². The molecular formula is C18H17ClN2. The molecule has 1 aromatic heterocycles. The summed E-state index contributed by atoms with van der Waals surface area (Å²) in [5.74, 6) is 0. The number of rotatable bonds is 2. The molecule has 1 aliphatic heterocycles. The zero-order valence-corrected chi connectivity index (χ0v) is 12.5. The maximum Gasteiger partial charge on any atom is 0.0474 e. The van der Waals surface area contributed by atoms with E-state index < -0.39 is 0 Å². The average molecular weight is 297 g/mol. The zero-order chi connectivity index (χ0) is 14.2. The first-order valence-corrected chi connectivity index (χ1v) is 7.73. The van der Waals surface area contributed by atoms with E-state index in [1.165, 1.54) is 22.2 Å². The summed E-state index contributed by atoms with van der Waals surface area (Å²) in [6, 6.07) is 16.8. The summed E-state index contributed by atoms with van der Waals surface area (Å²) < 4.78 is 0. The van der Waals surface area contributed by atoms with Crippen LogP contribution < -0.4 is 0 Å². The van der Waals surface area contributed by atoms with Gasteiger partial charge in [-0.15, -0.1) is 0 Å². The van der Waals surface area contributed by atoms with Gasteiger partial charge in [0.2, 0.25) is 0 Å². The first kappa shape index (κ1) is 12.9. The van der Waals surface area contributed by atoms with Crippen molar-refractivity contribution in [1.82, 2.24) is 9.88 Å². The Hall–Kier alpha value is -1.77. The molecule has 0 saturated heterocycles. The summed E-state index contributed by atoms with van der Waals surface area (Å²) >= 11 is 6.09. The highest BCUT2D eigenvalue weighted by Gasteiger charge is 2.20. The normalized spacial score (nSPS) is 15.3. The fourth-order valence-corrected chi connectivity index (χ4v) is 3.43. The number of aromatic amines is 1. The lowest BCUT2D eigenvalue weighted by molar-refractivity contribution is 0.243. The van der Waals surface area contributed by atoms with Gasteiger partial charge in [-0.1, -0.05) is 48.0 Å². The number of benzene rings is 2. The summed E-state index contributed by atoms with van der Waals surface area (Å²) in [7, 11) is 0. The van der Waals surface area contributed by atoms with Crippen LogP contribution in [0.3, 0.4) is 0 Å². The topological polar surface area (TPSA) is 19.0 Å². The Bertz CT molecular complexity index is 777. The molecule has 0 bridgehead atoms. The highest BCUT2D eigenvalue weighted by Crippen LogP contribution is 2.29. The number of hydrogen-bond acceptors (Lipinski definition) is 1. The van der Waals surface area contributed by atoms with Crippen molar-refractivity contribution in [3.63, 3.8) is 0 Å². The Morgan fingerprint density at radius 3 is 2.81 bits per heavy atom. The van der Waals surface area contributed by atoms with Crippen molar-refractivity contribution in [2.75, 3.05) is 6.54 Å². The number of H-pyrrole nitrogens is 1. The van der Waals surface area contributed by atoms with Crippen LogP contribution in [0.4, 0.5) is 0 Å². The molecule has 4 rings (SSSR count). The molecule has 0 aliphatic carbocycles. The molecule has 0 atom stereocenters. The molecule has 0 fully saturated rings. The first-order valence-electron chi connectivity index (χ1n) is 7.35. The minimum Gasteiger partial charge on any atom is -0.357 e. The van der Waals surface area contributed by atoms with E-state index >= 15 is 0 Å². The molecule has 1 N–H and O–H groups in total. The number of fused-ring (bicyclic) bond motifs is 3. The van der Waals surface area contributed by atoms with Crippen molar-refractivity contribution in [2.24, 2.45) is 0 Å². The lowest BCUT2D eigenvalue weighted by Gasteiger charge is -2.27. The second kappa shape index (κ2) is 5.21. The van der Waals surface area contributed by atoms with E-state index in [4.69, 9.17) is 11.6 Å². The molecule has 21 heavy (non-hydrogen) atoms. The maximum atomic E-state index is 6.09. The van der Waals surface area contributed by atoms with Gasteiger partial charge in [0.05, 0.1) is 0 Å². The Kier molecular flexibility index (Phi) is 3.21. The summed E-state index contributed by atoms with van der Waals surface area (Å²) in [5, 5.41) is 2.12. The monoisotopic (exact) mass is 296 g/mol. The van der Waals surface area contributed by atoms with Gasteiger partial charge in [0.15, 0.2) is 0 Å². The molecule has 3 heteroatoms. The number of hydrogen-bond donors (Lipinski definition) is 1. The molecule has 3 aromatic rings. The Labute approximate surface area is 129 Å². The van der Waals surface area contributed by atoms with Crippen LogP contribution in [0.5, 0.6) is 0 Å². The third-order valence-corrected chi connectivity index (χ3v) is 4.50. The molecule has 0 spiro atoms. The van der Waals surface area contributed by atoms with Gasteiger partial charge in [0.25, 0.3) is 0 Å². The van der Waals surface area contributed by atoms with E-state index in [1.54, 1.807) is 0 Å². The summed E-state index contributed by atoms with van der Waals surface area (Å²) in [6.45, 7) is 3.10. The predicted octanol–water partition coefficient (Wildman–Crippen LogP) is 4.38. The standard InChI is InChI=1S/C18H17ClN2/c19-14-6-7-15-16-8-9-21(11-13-4-2-1-3-5-13)12-18(16)20-17(15)10-14/h1-7,10,20H,8-9,11-12H2. The number of halogens is 1. The molecule has 0 unspecified atom stereocenters. The molecule has 2 heterocycles. The van der Waals surface area contributed by atoms with Crippen LogP contribution in [0.1, 0.15) is 16.8 Å². The predicted molar refractivity (Wildman–Crippen MR) is 87.6 cm³/mol. The van der Waals surface area contributed by atoms with Gasteiger partial charge >= 0.3 is 0 Å². The Morgan fingerprint density at radius 2 is 1.95 bits per heavy atom. The van der Waals surface area contributed by atoms with Gasteiger partial charge in [-0.25, -0.2) is 0 Å². The second-order valence-electron chi connectivity index (χ2n) is 5.72. The fraction of sp³-hybridized carbons (Fsp3) is 0.222. The molecular weight excluding hydrogens is 280 g/mol. The maximum absolute atomic E-state index is 6.09. The molecule has 2 nitrogen and oxygen atoms in total. The van der Waals surface area contributed by atoms with Gasteiger partial charge in [-0.2, -0.15) is 0 Å². The third-order valence-electron chi connectivity index (χ3n) is 4.27. The first-order chi connectivity index (χ1) is 10.3. The molecule has 106 valence electrons. The lowest BCUT2D eigenvalue weighted by atomic mass is 10.0. The molecule has 1 aliphatic rings. The van der Waals surface area contributed by atoms with Crippen molar-refractivity contribution in [3.8, 4) is 0 Å². The lowest BCUT2D eigenvalue weighted by Crippen LogP contribution is -2.29. The van der Waals surface area contributed by atoms with Gasteiger partial charge in [0.1, 0.15) is 0 Å². The van der Waals surface area contributed by atoms with Crippen LogP contribution >= 0.6 is 11.6 Å². The fourth-order valence-electron chi connectivity index (χ4n) is 3.25. The van der Waals surface area contributed by atoms with Crippen LogP contribution in [0, 0.1) is 0 Å². The van der Waals surface area contributed by atoms with Crippen molar-refractivity contribution in [3.05, 3.63) is 70.4 Å². The second-order valence-corrected chi connectivity index (χ2v) is 6.15. The van der Waals surface area contributed by atoms with Crippen LogP contribution in [0.2, 0.25) is 5.02 Å². The van der Waals surface area contributed by atoms with E-state index in [2.05, 4.69) is 46.3 Å². The Morgan fingerprint density at radius 1 is 1.10 bits per heavy atom. The van der Waals surface area contributed by atoms with E-state index in [0.29, 0.717) is 0 Å². The summed E-state index contributed by atoms with van der Waals surface area (Å²) in [5.41, 5.74) is 5.34. The van der Waals surface area contributed by atoms with Crippen molar-refractivity contribution in [2.45, 2.75) is 19.5 Å². The smallest absolute Gasteiger partial charge is 0.0474 e. The minimum atomic E-state index is 0.794. The molecule has 0 amide bonds. The SMILES string of the molecule is Clc1ccc2c3c([nH]c2c1)CN(Cc1ccccc1)CC3. The van der Waals surface area contributed by atoms with E-state index in [1.807, 2.05) is 12.1 Å². The van der Waals surface area contributed by atoms with Crippen LogP contribution in [-0.4, -0.2) is 16.4 Å². The molecule has 0 radical (unpaired) electrons. The van der Waals surface area contributed by atoms with Gasteiger partial charge < -0.3 is 4.98 Å². The van der Waals surface area contributed by atoms with E-state index in [0.717, 1.165) is 36.6 Å². The Balaban J connectivity index is 1.61. The van der Waals surface area contributed by atoms with Gasteiger partial charge in [-0.05, 0) is 29.7 Å². The zero-order valence-electron chi connectivity index (χ0n) is 11.8.